The van der Waals surface area contributed by atoms with Crippen molar-refractivity contribution in [3.8, 4) is 0 Å². The van der Waals surface area contributed by atoms with Gasteiger partial charge in [0.1, 0.15) is 6.10 Å². The normalized spacial score (nSPS) is 23.0. The Morgan fingerprint density at radius 2 is 2.04 bits per heavy atom. The summed E-state index contributed by atoms with van der Waals surface area (Å²) in [4.78, 5) is 24.0. The molecule has 2 aliphatic rings. The van der Waals surface area contributed by atoms with Crippen LogP contribution in [-0.4, -0.2) is 48.4 Å². The summed E-state index contributed by atoms with van der Waals surface area (Å²) in [7, 11) is -3.71. The van der Waals surface area contributed by atoms with Crippen molar-refractivity contribution in [3.63, 3.8) is 0 Å². The molecule has 0 aromatic carbocycles. The van der Waals surface area contributed by atoms with Gasteiger partial charge in [0.15, 0.2) is 5.43 Å². The highest BCUT2D eigenvalue weighted by Crippen LogP contribution is 2.51. The smallest absolute Gasteiger partial charge is 0.407 e. The molecule has 1 spiro atoms. The highest BCUT2D eigenvalue weighted by Gasteiger charge is 2.50. The van der Waals surface area contributed by atoms with Crippen LogP contribution in [0.25, 0.3) is 0 Å². The van der Waals surface area contributed by atoms with Gasteiger partial charge in [0, 0.05) is 43.4 Å². The molecule has 0 aliphatic carbocycles. The number of amides is 1. The molecule has 1 aromatic heterocycles. The van der Waals surface area contributed by atoms with Crippen molar-refractivity contribution in [2.45, 2.75) is 25.5 Å². The fourth-order valence-corrected chi connectivity index (χ4v) is 4.17. The van der Waals surface area contributed by atoms with Crippen molar-refractivity contribution >= 4 is 16.2 Å². The fraction of sp³-hybridized carbons (Fsp3) is 0.571. The lowest BCUT2D eigenvalue weighted by Gasteiger charge is -2.40. The summed E-state index contributed by atoms with van der Waals surface area (Å²) in [6.07, 6.45) is 1.84. The lowest BCUT2D eigenvalue weighted by molar-refractivity contribution is 0.00695. The van der Waals surface area contributed by atoms with Crippen LogP contribution in [0.3, 0.4) is 0 Å². The van der Waals surface area contributed by atoms with Gasteiger partial charge in [0.2, 0.25) is 0 Å². The zero-order chi connectivity index (χ0) is 16.8. The molecular formula is C14H18N2O6S. The van der Waals surface area contributed by atoms with Crippen LogP contribution in [0.2, 0.25) is 0 Å². The molecule has 8 nitrogen and oxygen atoms in total. The lowest BCUT2D eigenvalue weighted by atomic mass is 9.75. The average molecular weight is 342 g/mol. The topological polar surface area (TPSA) is 106 Å². The molecule has 0 saturated carbocycles. The van der Waals surface area contributed by atoms with E-state index in [9.17, 15) is 18.0 Å². The van der Waals surface area contributed by atoms with E-state index in [1.54, 1.807) is 6.20 Å². The Bertz CT molecular complexity index is 792. The van der Waals surface area contributed by atoms with E-state index < -0.39 is 27.7 Å². The Morgan fingerprint density at radius 1 is 1.39 bits per heavy atom. The van der Waals surface area contributed by atoms with E-state index in [1.165, 1.54) is 17.0 Å². The number of hydrogen-bond donors (Lipinski definition) is 1. The second kappa shape index (κ2) is 5.34. The highest BCUT2D eigenvalue weighted by molar-refractivity contribution is 7.86. The van der Waals surface area contributed by atoms with E-state index in [0.29, 0.717) is 38.2 Å². The standard InChI is InChI=1S/C14H18N2O6S/c1-23(20,21)22-12-11-8-10(17)2-5-16(11)9-14(12)3-6-15(7-4-14)13(18)19/h2,5,8,12H,3-4,6-7,9H2,1H3,(H,18,19). The van der Waals surface area contributed by atoms with Gasteiger partial charge in [-0.05, 0) is 12.8 Å². The maximum atomic E-state index is 11.7. The Hall–Kier alpha value is -1.87. The molecule has 9 heteroatoms. The van der Waals surface area contributed by atoms with E-state index in [1.807, 2.05) is 4.57 Å². The SMILES string of the molecule is CS(=O)(=O)OC1c2cc(=O)ccn2CC12CCN(C(=O)O)CC2. The number of piperidine rings is 1. The molecule has 0 radical (unpaired) electrons. The highest BCUT2D eigenvalue weighted by atomic mass is 32.2. The largest absolute Gasteiger partial charge is 0.465 e. The van der Waals surface area contributed by atoms with Gasteiger partial charge in [-0.3, -0.25) is 8.98 Å². The molecule has 23 heavy (non-hydrogen) atoms. The van der Waals surface area contributed by atoms with Gasteiger partial charge < -0.3 is 14.6 Å². The molecule has 1 N–H and O–H groups in total. The first-order chi connectivity index (χ1) is 10.7. The second-order valence-electron chi connectivity index (χ2n) is 6.23. The Labute approximate surface area is 133 Å². The van der Waals surface area contributed by atoms with Crippen molar-refractivity contribution in [2.24, 2.45) is 5.41 Å². The lowest BCUT2D eigenvalue weighted by Crippen LogP contribution is -2.45. The average Bonchev–Trinajstić information content (AvgIpc) is 2.72. The zero-order valence-electron chi connectivity index (χ0n) is 12.6. The Balaban J connectivity index is 1.97. The summed E-state index contributed by atoms with van der Waals surface area (Å²) in [5.41, 5.74) is -0.194. The van der Waals surface area contributed by atoms with Crippen molar-refractivity contribution in [3.05, 3.63) is 34.2 Å². The number of rotatable bonds is 2. The predicted molar refractivity (Wildman–Crippen MR) is 80.6 cm³/mol. The van der Waals surface area contributed by atoms with Gasteiger partial charge in [0.05, 0.1) is 11.9 Å². The van der Waals surface area contributed by atoms with Crippen LogP contribution in [0.5, 0.6) is 0 Å². The first-order valence-corrected chi connectivity index (χ1v) is 9.08. The van der Waals surface area contributed by atoms with Gasteiger partial charge in [-0.2, -0.15) is 8.42 Å². The van der Waals surface area contributed by atoms with E-state index in [-0.39, 0.29) is 5.43 Å². The van der Waals surface area contributed by atoms with Gasteiger partial charge in [-0.1, -0.05) is 0 Å². The van der Waals surface area contributed by atoms with Crippen LogP contribution >= 0.6 is 0 Å². The Kier molecular flexibility index (Phi) is 3.72. The fourth-order valence-electron chi connectivity index (χ4n) is 3.52. The molecule has 0 bridgehead atoms. The molecule has 2 aliphatic heterocycles. The van der Waals surface area contributed by atoms with Crippen molar-refractivity contribution in [2.75, 3.05) is 19.3 Å². The van der Waals surface area contributed by atoms with Crippen molar-refractivity contribution in [1.29, 1.82) is 0 Å². The van der Waals surface area contributed by atoms with E-state index >= 15 is 0 Å². The van der Waals surface area contributed by atoms with Gasteiger partial charge in [0.25, 0.3) is 10.1 Å². The van der Waals surface area contributed by atoms with Crippen LogP contribution in [0.1, 0.15) is 24.6 Å². The molecule has 1 saturated heterocycles. The summed E-state index contributed by atoms with van der Waals surface area (Å²) in [6, 6.07) is 2.82. The van der Waals surface area contributed by atoms with Crippen LogP contribution in [0.4, 0.5) is 4.79 Å². The van der Waals surface area contributed by atoms with E-state index in [4.69, 9.17) is 9.29 Å². The molecule has 126 valence electrons. The first-order valence-electron chi connectivity index (χ1n) is 7.27. The number of aromatic nitrogens is 1. The maximum absolute atomic E-state index is 11.7. The zero-order valence-corrected chi connectivity index (χ0v) is 13.5. The van der Waals surface area contributed by atoms with Gasteiger partial charge in [-0.25, -0.2) is 4.79 Å². The molecule has 3 rings (SSSR count). The molecule has 1 aromatic rings. The van der Waals surface area contributed by atoms with Gasteiger partial charge >= 0.3 is 6.09 Å². The van der Waals surface area contributed by atoms with Crippen LogP contribution < -0.4 is 5.43 Å². The molecule has 1 unspecified atom stereocenters. The minimum Gasteiger partial charge on any atom is -0.465 e. The predicted octanol–water partition coefficient (Wildman–Crippen LogP) is 0.639. The number of fused-ring (bicyclic) bond motifs is 1. The second-order valence-corrected chi connectivity index (χ2v) is 7.83. The number of nitrogens with zero attached hydrogens (tertiary/aromatic N) is 2. The molecular weight excluding hydrogens is 324 g/mol. The summed E-state index contributed by atoms with van der Waals surface area (Å²) in [5, 5.41) is 9.08. The van der Waals surface area contributed by atoms with Crippen LogP contribution in [0, 0.1) is 5.41 Å². The number of hydrogen-bond acceptors (Lipinski definition) is 5. The van der Waals surface area contributed by atoms with Crippen molar-refractivity contribution < 1.29 is 22.5 Å². The van der Waals surface area contributed by atoms with E-state index in [2.05, 4.69) is 0 Å². The number of pyridine rings is 1. The van der Waals surface area contributed by atoms with Crippen LogP contribution in [-0.2, 0) is 20.8 Å². The molecule has 1 atom stereocenters. The van der Waals surface area contributed by atoms with E-state index in [0.717, 1.165) is 6.26 Å². The molecule has 1 fully saturated rings. The summed E-state index contributed by atoms with van der Waals surface area (Å²) >= 11 is 0. The number of likely N-dealkylation sites (tertiary alicyclic amines) is 1. The van der Waals surface area contributed by atoms with Crippen LogP contribution in [0.15, 0.2) is 23.1 Å². The third-order valence-electron chi connectivity index (χ3n) is 4.65. The van der Waals surface area contributed by atoms with Gasteiger partial charge in [-0.15, -0.1) is 0 Å². The minimum atomic E-state index is -3.71. The number of carbonyl (C=O) groups is 1. The third kappa shape index (κ3) is 2.98. The molecule has 1 amide bonds. The Morgan fingerprint density at radius 3 is 2.61 bits per heavy atom. The summed E-state index contributed by atoms with van der Waals surface area (Å²) < 4.78 is 30.5. The molecule has 3 heterocycles. The summed E-state index contributed by atoms with van der Waals surface area (Å²) in [6.45, 7) is 1.14. The first kappa shape index (κ1) is 16.0. The number of carboxylic acid groups (broad SMARTS) is 1. The quantitative estimate of drug-likeness (QED) is 0.791. The third-order valence-corrected chi connectivity index (χ3v) is 5.19. The monoisotopic (exact) mass is 342 g/mol. The summed E-state index contributed by atoms with van der Waals surface area (Å²) in [5.74, 6) is 0. The minimum absolute atomic E-state index is 0.210. The van der Waals surface area contributed by atoms with Crippen molar-refractivity contribution in [1.82, 2.24) is 9.47 Å². The maximum Gasteiger partial charge on any atom is 0.407 e.